The number of para-hydroxylation sites is 1. The molecule has 7 heteroatoms. The van der Waals surface area contributed by atoms with Gasteiger partial charge in [-0.15, -0.1) is 0 Å². The monoisotopic (exact) mass is 348 g/mol. The first-order chi connectivity index (χ1) is 12.5. The lowest BCUT2D eigenvalue weighted by molar-refractivity contribution is -0.384. The molecule has 7 nitrogen and oxygen atoms in total. The first-order valence-corrected chi connectivity index (χ1v) is 8.26. The number of nitrogens with zero attached hydrogens (tertiary/aromatic N) is 4. The molecule has 0 aliphatic carbocycles. The minimum atomic E-state index is -0.456. The molecule has 1 amide bonds. The van der Waals surface area contributed by atoms with Crippen LogP contribution >= 0.6 is 0 Å². The van der Waals surface area contributed by atoms with Gasteiger partial charge in [-0.3, -0.25) is 14.9 Å². The number of rotatable bonds is 3. The maximum atomic E-state index is 13.0. The summed E-state index contributed by atoms with van der Waals surface area (Å²) in [5.74, 6) is -0.174. The number of carbonyl (C=O) groups is 1. The Labute approximate surface area is 149 Å². The topological polar surface area (TPSA) is 81.3 Å². The molecule has 0 bridgehead atoms. The van der Waals surface area contributed by atoms with Crippen LogP contribution in [-0.4, -0.2) is 26.7 Å². The van der Waals surface area contributed by atoms with Crippen LogP contribution in [-0.2, 0) is 6.42 Å². The molecule has 4 rings (SSSR count). The molecule has 1 unspecified atom stereocenters. The van der Waals surface area contributed by atoms with Crippen LogP contribution in [0.15, 0.2) is 60.8 Å². The van der Waals surface area contributed by atoms with E-state index in [0.29, 0.717) is 11.4 Å². The molecule has 0 fully saturated rings. The van der Waals surface area contributed by atoms with Crippen molar-refractivity contribution >= 4 is 17.3 Å². The summed E-state index contributed by atoms with van der Waals surface area (Å²) < 4.78 is 1.48. The molecule has 0 saturated carbocycles. The van der Waals surface area contributed by atoms with Gasteiger partial charge < -0.3 is 4.90 Å². The van der Waals surface area contributed by atoms with E-state index in [4.69, 9.17) is 0 Å². The SMILES string of the molecule is CC1Cc2ccccc2N1C(=O)c1ccn(-c2cccc([N+](=O)[O-])c2)n1. The van der Waals surface area contributed by atoms with Crippen molar-refractivity contribution in [1.82, 2.24) is 9.78 Å². The van der Waals surface area contributed by atoms with E-state index in [1.807, 2.05) is 31.2 Å². The maximum absolute atomic E-state index is 13.0. The molecule has 1 aliphatic heterocycles. The minimum absolute atomic E-state index is 0.0204. The van der Waals surface area contributed by atoms with Crippen LogP contribution in [0, 0.1) is 10.1 Å². The Morgan fingerprint density at radius 2 is 2.00 bits per heavy atom. The number of nitro groups is 1. The second-order valence-corrected chi connectivity index (χ2v) is 6.28. The largest absolute Gasteiger partial charge is 0.304 e. The van der Waals surface area contributed by atoms with Crippen molar-refractivity contribution in [3.8, 4) is 5.69 Å². The minimum Gasteiger partial charge on any atom is -0.304 e. The van der Waals surface area contributed by atoms with Crippen molar-refractivity contribution in [2.75, 3.05) is 4.90 Å². The van der Waals surface area contributed by atoms with E-state index in [1.54, 1.807) is 29.3 Å². The lowest BCUT2D eigenvalue weighted by atomic mass is 10.1. The number of fused-ring (bicyclic) bond motifs is 1. The molecule has 1 atom stereocenters. The zero-order valence-corrected chi connectivity index (χ0v) is 14.1. The number of nitro benzene ring substituents is 1. The van der Waals surface area contributed by atoms with Crippen molar-refractivity contribution in [2.24, 2.45) is 0 Å². The second kappa shape index (κ2) is 6.11. The number of non-ortho nitro benzene ring substituents is 1. The van der Waals surface area contributed by atoms with Gasteiger partial charge in [-0.25, -0.2) is 4.68 Å². The van der Waals surface area contributed by atoms with E-state index >= 15 is 0 Å². The second-order valence-electron chi connectivity index (χ2n) is 6.28. The smallest absolute Gasteiger partial charge is 0.279 e. The highest BCUT2D eigenvalue weighted by Gasteiger charge is 2.32. The third kappa shape index (κ3) is 2.63. The lowest BCUT2D eigenvalue weighted by Gasteiger charge is -2.21. The molecule has 2 aromatic carbocycles. The third-order valence-corrected chi connectivity index (χ3v) is 4.54. The van der Waals surface area contributed by atoms with Crippen LogP contribution in [0.1, 0.15) is 23.0 Å². The van der Waals surface area contributed by atoms with Crippen LogP contribution in [0.5, 0.6) is 0 Å². The predicted molar refractivity (Wildman–Crippen MR) is 96.6 cm³/mol. The van der Waals surface area contributed by atoms with Crippen molar-refractivity contribution in [2.45, 2.75) is 19.4 Å². The van der Waals surface area contributed by atoms with Crippen LogP contribution in [0.4, 0.5) is 11.4 Å². The van der Waals surface area contributed by atoms with E-state index in [9.17, 15) is 14.9 Å². The molecule has 26 heavy (non-hydrogen) atoms. The molecule has 0 radical (unpaired) electrons. The van der Waals surface area contributed by atoms with E-state index in [1.165, 1.54) is 16.8 Å². The lowest BCUT2D eigenvalue weighted by Crippen LogP contribution is -2.36. The standard InChI is InChI=1S/C19H16N4O3/c1-13-11-14-5-2-3-8-18(14)22(13)19(24)17-9-10-21(20-17)15-6-4-7-16(12-15)23(25)26/h2-10,12-13H,11H2,1H3. The summed E-state index contributed by atoms with van der Waals surface area (Å²) in [5.41, 5.74) is 2.88. The Hall–Kier alpha value is -3.48. The van der Waals surface area contributed by atoms with Crippen LogP contribution in [0.2, 0.25) is 0 Å². The summed E-state index contributed by atoms with van der Waals surface area (Å²) in [7, 11) is 0. The Morgan fingerprint density at radius 1 is 1.19 bits per heavy atom. The summed E-state index contributed by atoms with van der Waals surface area (Å²) in [5, 5.41) is 15.3. The van der Waals surface area contributed by atoms with Crippen molar-refractivity contribution in [3.05, 3.63) is 82.2 Å². The third-order valence-electron chi connectivity index (χ3n) is 4.54. The fraction of sp³-hybridized carbons (Fsp3) is 0.158. The van der Waals surface area contributed by atoms with Gasteiger partial charge in [-0.2, -0.15) is 5.10 Å². The molecule has 0 saturated heterocycles. The van der Waals surface area contributed by atoms with Gasteiger partial charge in [0.15, 0.2) is 5.69 Å². The highest BCUT2D eigenvalue weighted by Crippen LogP contribution is 2.32. The summed E-state index contributed by atoms with van der Waals surface area (Å²) in [6.07, 6.45) is 2.45. The summed E-state index contributed by atoms with van der Waals surface area (Å²) in [6.45, 7) is 2.01. The van der Waals surface area contributed by atoms with Crippen LogP contribution < -0.4 is 4.90 Å². The average Bonchev–Trinajstić information content (AvgIpc) is 3.25. The summed E-state index contributed by atoms with van der Waals surface area (Å²) >= 11 is 0. The molecular weight excluding hydrogens is 332 g/mol. The van der Waals surface area contributed by atoms with E-state index in [2.05, 4.69) is 5.10 Å². The van der Waals surface area contributed by atoms with Gasteiger partial charge >= 0.3 is 0 Å². The summed E-state index contributed by atoms with van der Waals surface area (Å²) in [4.78, 5) is 25.2. The molecule has 3 aromatic rings. The molecule has 0 spiro atoms. The average molecular weight is 348 g/mol. The van der Waals surface area contributed by atoms with Gasteiger partial charge in [-0.1, -0.05) is 24.3 Å². The number of aromatic nitrogens is 2. The number of anilines is 1. The van der Waals surface area contributed by atoms with Gasteiger partial charge in [0.2, 0.25) is 0 Å². The Morgan fingerprint density at radius 3 is 2.81 bits per heavy atom. The van der Waals surface area contributed by atoms with Crippen LogP contribution in [0.3, 0.4) is 0 Å². The zero-order chi connectivity index (χ0) is 18.3. The Bertz CT molecular complexity index is 1010. The predicted octanol–water partition coefficient (Wildman–Crippen LogP) is 3.37. The van der Waals surface area contributed by atoms with Crippen molar-refractivity contribution < 1.29 is 9.72 Å². The molecular formula is C19H16N4O3. The Balaban J connectivity index is 1.65. The first-order valence-electron chi connectivity index (χ1n) is 8.26. The maximum Gasteiger partial charge on any atom is 0.279 e. The van der Waals surface area contributed by atoms with Crippen molar-refractivity contribution in [1.29, 1.82) is 0 Å². The highest BCUT2D eigenvalue weighted by molar-refractivity contribution is 6.06. The van der Waals surface area contributed by atoms with Gasteiger partial charge in [0.25, 0.3) is 11.6 Å². The highest BCUT2D eigenvalue weighted by atomic mass is 16.6. The molecule has 0 N–H and O–H groups in total. The fourth-order valence-corrected chi connectivity index (χ4v) is 3.33. The summed E-state index contributed by atoms with van der Waals surface area (Å²) in [6, 6.07) is 15.7. The molecule has 2 heterocycles. The van der Waals surface area contributed by atoms with Gasteiger partial charge in [-0.05, 0) is 37.1 Å². The van der Waals surface area contributed by atoms with Gasteiger partial charge in [0.1, 0.15) is 0 Å². The van der Waals surface area contributed by atoms with Crippen LogP contribution in [0.25, 0.3) is 5.69 Å². The van der Waals surface area contributed by atoms with Gasteiger partial charge in [0, 0.05) is 30.1 Å². The zero-order valence-electron chi connectivity index (χ0n) is 14.1. The number of amides is 1. The van der Waals surface area contributed by atoms with Crippen molar-refractivity contribution in [3.63, 3.8) is 0 Å². The molecule has 1 aliphatic rings. The Kier molecular flexibility index (Phi) is 3.76. The quantitative estimate of drug-likeness (QED) is 0.537. The van der Waals surface area contributed by atoms with E-state index in [-0.39, 0.29) is 17.6 Å². The fourth-order valence-electron chi connectivity index (χ4n) is 3.33. The normalized spacial score (nSPS) is 15.7. The van der Waals surface area contributed by atoms with E-state index in [0.717, 1.165) is 17.7 Å². The number of hydrogen-bond donors (Lipinski definition) is 0. The van der Waals surface area contributed by atoms with E-state index < -0.39 is 4.92 Å². The van der Waals surface area contributed by atoms with Gasteiger partial charge in [0.05, 0.1) is 10.6 Å². The first kappa shape index (κ1) is 16.0. The molecule has 1 aromatic heterocycles. The number of hydrogen-bond acceptors (Lipinski definition) is 4. The number of benzene rings is 2. The number of carbonyl (C=O) groups excluding carboxylic acids is 1. The molecule has 130 valence electrons.